The van der Waals surface area contributed by atoms with Crippen molar-refractivity contribution in [3.8, 4) is 0 Å². The van der Waals surface area contributed by atoms with Gasteiger partial charge in [0, 0.05) is 16.9 Å². The summed E-state index contributed by atoms with van der Waals surface area (Å²) in [5.74, 6) is 1.17. The SMILES string of the molecule is Cc1ccc(C2CCNCC2c2cccc(Br)c2)c(C)c1. The minimum Gasteiger partial charge on any atom is -0.316 e. The van der Waals surface area contributed by atoms with Crippen LogP contribution in [0.2, 0.25) is 0 Å². The Bertz CT molecular complexity index is 635. The van der Waals surface area contributed by atoms with E-state index in [4.69, 9.17) is 0 Å². The molecule has 2 aromatic carbocycles. The molecule has 0 radical (unpaired) electrons. The summed E-state index contributed by atoms with van der Waals surface area (Å²) in [6.07, 6.45) is 1.21. The average molecular weight is 344 g/mol. The molecule has 3 rings (SSSR count). The molecule has 110 valence electrons. The minimum atomic E-state index is 0.553. The van der Waals surface area contributed by atoms with Crippen molar-refractivity contribution >= 4 is 15.9 Å². The van der Waals surface area contributed by atoms with Crippen molar-refractivity contribution in [3.63, 3.8) is 0 Å². The molecule has 0 aliphatic carbocycles. The molecule has 21 heavy (non-hydrogen) atoms. The summed E-state index contributed by atoms with van der Waals surface area (Å²) in [6.45, 7) is 6.60. The summed E-state index contributed by atoms with van der Waals surface area (Å²) in [5.41, 5.74) is 5.74. The number of benzene rings is 2. The van der Waals surface area contributed by atoms with Crippen LogP contribution in [-0.2, 0) is 0 Å². The number of rotatable bonds is 2. The first kappa shape index (κ1) is 14.8. The molecule has 1 N–H and O–H groups in total. The van der Waals surface area contributed by atoms with Crippen LogP contribution >= 0.6 is 15.9 Å². The van der Waals surface area contributed by atoms with Crippen molar-refractivity contribution in [2.75, 3.05) is 13.1 Å². The first-order valence-corrected chi connectivity index (χ1v) is 8.48. The van der Waals surface area contributed by atoms with E-state index in [9.17, 15) is 0 Å². The van der Waals surface area contributed by atoms with Gasteiger partial charge in [-0.1, -0.05) is 51.8 Å². The van der Waals surface area contributed by atoms with E-state index in [1.165, 1.54) is 33.1 Å². The van der Waals surface area contributed by atoms with Crippen LogP contribution in [0.4, 0.5) is 0 Å². The van der Waals surface area contributed by atoms with Gasteiger partial charge in [-0.05, 0) is 61.6 Å². The van der Waals surface area contributed by atoms with Gasteiger partial charge < -0.3 is 5.32 Å². The highest BCUT2D eigenvalue weighted by atomic mass is 79.9. The molecule has 1 saturated heterocycles. The standard InChI is InChI=1S/C19H22BrN/c1-13-6-7-17(14(2)10-13)18-8-9-21-12-19(18)15-4-3-5-16(20)11-15/h3-7,10-11,18-19,21H,8-9,12H2,1-2H3. The topological polar surface area (TPSA) is 12.0 Å². The third-order valence-electron chi connectivity index (χ3n) is 4.58. The van der Waals surface area contributed by atoms with Gasteiger partial charge in [-0.25, -0.2) is 0 Å². The highest BCUT2D eigenvalue weighted by Gasteiger charge is 2.28. The maximum Gasteiger partial charge on any atom is 0.0178 e. The number of nitrogens with one attached hydrogen (secondary N) is 1. The van der Waals surface area contributed by atoms with E-state index in [0.717, 1.165) is 13.1 Å². The lowest BCUT2D eigenvalue weighted by atomic mass is 9.76. The normalized spacial score (nSPS) is 22.2. The van der Waals surface area contributed by atoms with Gasteiger partial charge in [0.05, 0.1) is 0 Å². The lowest BCUT2D eigenvalue weighted by Crippen LogP contribution is -2.34. The van der Waals surface area contributed by atoms with Crippen molar-refractivity contribution in [3.05, 3.63) is 69.2 Å². The summed E-state index contributed by atoms with van der Waals surface area (Å²) in [6, 6.07) is 15.7. The Hall–Kier alpha value is -1.12. The van der Waals surface area contributed by atoms with Crippen molar-refractivity contribution < 1.29 is 0 Å². The van der Waals surface area contributed by atoms with E-state index in [1.54, 1.807) is 0 Å². The molecule has 2 unspecified atom stereocenters. The third kappa shape index (κ3) is 3.22. The number of piperidine rings is 1. The van der Waals surface area contributed by atoms with E-state index in [0.29, 0.717) is 11.8 Å². The van der Waals surface area contributed by atoms with Gasteiger partial charge in [-0.3, -0.25) is 0 Å². The lowest BCUT2D eigenvalue weighted by Gasteiger charge is -2.34. The van der Waals surface area contributed by atoms with Crippen LogP contribution in [0.25, 0.3) is 0 Å². The molecule has 1 aliphatic heterocycles. The maximum absolute atomic E-state index is 3.61. The predicted octanol–water partition coefficient (Wildman–Crippen LogP) is 4.93. The molecule has 1 aliphatic rings. The monoisotopic (exact) mass is 343 g/mol. The number of hydrogen-bond donors (Lipinski definition) is 1. The van der Waals surface area contributed by atoms with Gasteiger partial charge >= 0.3 is 0 Å². The van der Waals surface area contributed by atoms with Crippen molar-refractivity contribution in [1.29, 1.82) is 0 Å². The lowest BCUT2D eigenvalue weighted by molar-refractivity contribution is 0.403. The van der Waals surface area contributed by atoms with Crippen LogP contribution in [0.3, 0.4) is 0 Å². The van der Waals surface area contributed by atoms with Crippen LogP contribution in [0.5, 0.6) is 0 Å². The zero-order valence-electron chi connectivity index (χ0n) is 12.7. The molecule has 0 spiro atoms. The molecule has 2 heteroatoms. The largest absolute Gasteiger partial charge is 0.316 e. The second-order valence-electron chi connectivity index (χ2n) is 6.12. The third-order valence-corrected chi connectivity index (χ3v) is 5.08. The first-order valence-electron chi connectivity index (χ1n) is 7.68. The summed E-state index contributed by atoms with van der Waals surface area (Å²) >= 11 is 3.61. The van der Waals surface area contributed by atoms with Gasteiger partial charge in [0.1, 0.15) is 0 Å². The second kappa shape index (κ2) is 6.33. The van der Waals surface area contributed by atoms with Crippen molar-refractivity contribution in [1.82, 2.24) is 5.32 Å². The smallest absolute Gasteiger partial charge is 0.0178 e. The molecule has 0 aromatic heterocycles. The zero-order chi connectivity index (χ0) is 14.8. The van der Waals surface area contributed by atoms with Gasteiger partial charge in [0.2, 0.25) is 0 Å². The Morgan fingerprint density at radius 1 is 1.05 bits per heavy atom. The summed E-state index contributed by atoms with van der Waals surface area (Å²) in [7, 11) is 0. The van der Waals surface area contributed by atoms with E-state index < -0.39 is 0 Å². The fourth-order valence-electron chi connectivity index (χ4n) is 3.56. The van der Waals surface area contributed by atoms with E-state index in [2.05, 4.69) is 77.6 Å². The Kier molecular flexibility index (Phi) is 4.46. The molecule has 1 nitrogen and oxygen atoms in total. The summed E-state index contributed by atoms with van der Waals surface area (Å²) < 4.78 is 1.17. The Morgan fingerprint density at radius 2 is 1.90 bits per heavy atom. The number of hydrogen-bond acceptors (Lipinski definition) is 1. The van der Waals surface area contributed by atoms with Gasteiger partial charge in [-0.15, -0.1) is 0 Å². The quantitative estimate of drug-likeness (QED) is 0.815. The summed E-state index contributed by atoms with van der Waals surface area (Å²) in [4.78, 5) is 0. The van der Waals surface area contributed by atoms with Gasteiger partial charge in [0.15, 0.2) is 0 Å². The Morgan fingerprint density at radius 3 is 2.67 bits per heavy atom. The minimum absolute atomic E-state index is 0.553. The molecule has 0 amide bonds. The molecule has 2 atom stereocenters. The van der Waals surface area contributed by atoms with Crippen molar-refractivity contribution in [2.45, 2.75) is 32.1 Å². The number of aryl methyl sites for hydroxylation is 2. The highest BCUT2D eigenvalue weighted by molar-refractivity contribution is 9.10. The van der Waals surface area contributed by atoms with Crippen LogP contribution in [-0.4, -0.2) is 13.1 Å². The van der Waals surface area contributed by atoms with Crippen LogP contribution in [0.1, 0.15) is 40.5 Å². The predicted molar refractivity (Wildman–Crippen MR) is 93.0 cm³/mol. The van der Waals surface area contributed by atoms with E-state index in [-0.39, 0.29) is 0 Å². The fourth-order valence-corrected chi connectivity index (χ4v) is 3.98. The van der Waals surface area contributed by atoms with E-state index >= 15 is 0 Å². The fraction of sp³-hybridized carbons (Fsp3) is 0.368. The van der Waals surface area contributed by atoms with Crippen LogP contribution in [0, 0.1) is 13.8 Å². The first-order chi connectivity index (χ1) is 10.1. The Labute approximate surface area is 135 Å². The van der Waals surface area contributed by atoms with Crippen LogP contribution in [0.15, 0.2) is 46.9 Å². The molecule has 1 heterocycles. The highest BCUT2D eigenvalue weighted by Crippen LogP contribution is 2.39. The Balaban J connectivity index is 1.98. The van der Waals surface area contributed by atoms with Crippen molar-refractivity contribution in [2.24, 2.45) is 0 Å². The second-order valence-corrected chi connectivity index (χ2v) is 7.04. The molecular formula is C19H22BrN. The summed E-state index contributed by atoms with van der Waals surface area (Å²) in [5, 5.41) is 3.57. The molecule has 0 saturated carbocycles. The van der Waals surface area contributed by atoms with Gasteiger partial charge in [0.25, 0.3) is 0 Å². The molecule has 2 aromatic rings. The average Bonchev–Trinajstić information content (AvgIpc) is 2.47. The van der Waals surface area contributed by atoms with E-state index in [1.807, 2.05) is 0 Å². The van der Waals surface area contributed by atoms with Crippen LogP contribution < -0.4 is 5.32 Å². The maximum atomic E-state index is 3.61. The zero-order valence-corrected chi connectivity index (χ0v) is 14.3. The molecule has 0 bridgehead atoms. The molecule has 1 fully saturated rings. The molecular weight excluding hydrogens is 322 g/mol. The van der Waals surface area contributed by atoms with Gasteiger partial charge in [-0.2, -0.15) is 0 Å². The number of halogens is 1.